The van der Waals surface area contributed by atoms with Crippen LogP contribution in [0.4, 0.5) is 5.82 Å². The lowest BCUT2D eigenvalue weighted by molar-refractivity contribution is -0.0160. The Labute approximate surface area is 189 Å². The number of hydrogen-bond donors (Lipinski definition) is 1. The highest BCUT2D eigenvalue weighted by atomic mass is 16.5. The van der Waals surface area contributed by atoms with E-state index in [1.54, 1.807) is 7.11 Å². The molecule has 3 rings (SSSR count). The Bertz CT molecular complexity index is 986. The summed E-state index contributed by atoms with van der Waals surface area (Å²) in [4.78, 5) is 17.2. The maximum Gasteiger partial charge on any atom is 0.132 e. The third-order valence-corrected chi connectivity index (χ3v) is 5.28. The number of anilines is 1. The molecular formula is C24H31N5O3. The second-order valence-corrected chi connectivity index (χ2v) is 7.95. The van der Waals surface area contributed by atoms with Gasteiger partial charge in [0.25, 0.3) is 0 Å². The molecular weight excluding hydrogens is 406 g/mol. The van der Waals surface area contributed by atoms with E-state index in [-0.39, 0.29) is 6.10 Å². The van der Waals surface area contributed by atoms with Crippen molar-refractivity contribution in [2.45, 2.75) is 33.1 Å². The van der Waals surface area contributed by atoms with Gasteiger partial charge in [-0.1, -0.05) is 12.5 Å². The Morgan fingerprint density at radius 2 is 2.12 bits per heavy atom. The number of aliphatic hydroxyl groups excluding tert-OH is 1. The number of rotatable bonds is 8. The molecule has 0 unspecified atom stereocenters. The van der Waals surface area contributed by atoms with E-state index in [9.17, 15) is 5.11 Å². The summed E-state index contributed by atoms with van der Waals surface area (Å²) < 4.78 is 11.0. The van der Waals surface area contributed by atoms with Crippen LogP contribution in [0.3, 0.4) is 0 Å². The van der Waals surface area contributed by atoms with E-state index < -0.39 is 6.23 Å². The summed E-state index contributed by atoms with van der Waals surface area (Å²) in [5, 5.41) is 10.5. The molecule has 0 amide bonds. The Morgan fingerprint density at radius 3 is 2.81 bits per heavy atom. The van der Waals surface area contributed by atoms with Gasteiger partial charge in [0.15, 0.2) is 0 Å². The van der Waals surface area contributed by atoms with Crippen molar-refractivity contribution < 1.29 is 14.6 Å². The smallest absolute Gasteiger partial charge is 0.132 e. The average molecular weight is 438 g/mol. The van der Waals surface area contributed by atoms with Crippen LogP contribution in [0, 0.1) is 19.4 Å². The minimum Gasteiger partial charge on any atom is -0.491 e. The largest absolute Gasteiger partial charge is 0.491 e. The molecule has 1 N–H and O–H groups in total. The average Bonchev–Trinajstić information content (AvgIpc) is 2.78. The van der Waals surface area contributed by atoms with Crippen molar-refractivity contribution in [1.82, 2.24) is 14.9 Å². The van der Waals surface area contributed by atoms with Gasteiger partial charge in [-0.25, -0.2) is 9.97 Å². The molecule has 32 heavy (non-hydrogen) atoms. The zero-order valence-corrected chi connectivity index (χ0v) is 19.2. The standard InChI is InChI=1S/C24H31N5O3/c1-6-25-24(20-13-19(32-17(2)3)8-7-18(20)4)21-14-22(27-16-26-21)29-10-9-28(11-12-31-5)23(30)15-29/h1,7-8,13-14,16-17,23,30H,9-12,15H2,2-5H3/t23-/m1/s1. The molecule has 1 fully saturated rings. The van der Waals surface area contributed by atoms with Crippen LogP contribution in [-0.4, -0.2) is 77.9 Å². The highest BCUT2D eigenvalue weighted by Gasteiger charge is 2.26. The van der Waals surface area contributed by atoms with E-state index in [0.717, 1.165) is 29.2 Å². The molecule has 0 radical (unpaired) electrons. The SMILES string of the molecule is C#CN=C(c1cc(N2CCN(CCOC)[C@H](O)C2)ncn1)c1cc(OC(C)C)ccc1C. The minimum atomic E-state index is -0.594. The molecule has 1 aromatic carbocycles. The number of piperazine rings is 1. The summed E-state index contributed by atoms with van der Waals surface area (Å²) in [6.07, 6.45) is 6.52. The number of aromatic nitrogens is 2. The highest BCUT2D eigenvalue weighted by Crippen LogP contribution is 2.23. The summed E-state index contributed by atoms with van der Waals surface area (Å²) in [5.74, 6) is 1.47. The van der Waals surface area contributed by atoms with Crippen LogP contribution in [0.2, 0.25) is 0 Å². The number of aliphatic hydroxyl groups is 1. The monoisotopic (exact) mass is 437 g/mol. The fraction of sp³-hybridized carbons (Fsp3) is 0.458. The van der Waals surface area contributed by atoms with Crippen molar-refractivity contribution in [3.05, 3.63) is 47.4 Å². The first-order valence-electron chi connectivity index (χ1n) is 10.7. The van der Waals surface area contributed by atoms with E-state index in [2.05, 4.69) is 21.0 Å². The number of ether oxygens (including phenoxy) is 2. The summed E-state index contributed by atoms with van der Waals surface area (Å²) in [6, 6.07) is 10.1. The van der Waals surface area contributed by atoms with Crippen LogP contribution >= 0.6 is 0 Å². The van der Waals surface area contributed by atoms with Gasteiger partial charge < -0.3 is 19.5 Å². The van der Waals surface area contributed by atoms with E-state index in [0.29, 0.717) is 37.6 Å². The summed E-state index contributed by atoms with van der Waals surface area (Å²) in [7, 11) is 1.66. The van der Waals surface area contributed by atoms with Gasteiger partial charge in [0.2, 0.25) is 0 Å². The van der Waals surface area contributed by atoms with Crippen LogP contribution < -0.4 is 9.64 Å². The van der Waals surface area contributed by atoms with Gasteiger partial charge in [-0.05, 0) is 38.5 Å². The summed E-state index contributed by atoms with van der Waals surface area (Å²) in [5.41, 5.74) is 3.07. The molecule has 2 heterocycles. The van der Waals surface area contributed by atoms with Gasteiger partial charge in [-0.15, -0.1) is 0 Å². The molecule has 1 aliphatic rings. The highest BCUT2D eigenvalue weighted by molar-refractivity contribution is 6.13. The Hall–Kier alpha value is -2.99. The van der Waals surface area contributed by atoms with E-state index >= 15 is 0 Å². The zero-order valence-electron chi connectivity index (χ0n) is 19.2. The van der Waals surface area contributed by atoms with Crippen LogP contribution in [-0.2, 0) is 4.74 Å². The van der Waals surface area contributed by atoms with Crippen molar-refractivity contribution in [2.75, 3.05) is 44.8 Å². The predicted molar refractivity (Wildman–Crippen MR) is 125 cm³/mol. The van der Waals surface area contributed by atoms with E-state index in [1.165, 1.54) is 6.33 Å². The third-order valence-electron chi connectivity index (χ3n) is 5.28. The molecule has 0 saturated carbocycles. The first-order valence-corrected chi connectivity index (χ1v) is 10.7. The van der Waals surface area contributed by atoms with Gasteiger partial charge in [0.1, 0.15) is 29.8 Å². The van der Waals surface area contributed by atoms with Crippen molar-refractivity contribution in [2.24, 2.45) is 4.99 Å². The lowest BCUT2D eigenvalue weighted by Crippen LogP contribution is -2.54. The Morgan fingerprint density at radius 1 is 1.31 bits per heavy atom. The van der Waals surface area contributed by atoms with Gasteiger partial charge >= 0.3 is 0 Å². The first-order chi connectivity index (χ1) is 15.4. The fourth-order valence-corrected chi connectivity index (χ4v) is 3.65. The number of β-amino-alcohol motifs (C(OH)–C–C–N with tert-alkyl or cyclic N) is 1. The second kappa shape index (κ2) is 11.0. The molecule has 1 atom stereocenters. The lowest BCUT2D eigenvalue weighted by atomic mass is 10.0. The third kappa shape index (κ3) is 5.82. The van der Waals surface area contributed by atoms with Crippen LogP contribution in [0.25, 0.3) is 0 Å². The molecule has 0 spiro atoms. The number of aliphatic imine (C=N–C) groups is 1. The molecule has 2 aromatic rings. The number of benzene rings is 1. The van der Waals surface area contributed by atoms with Crippen LogP contribution in [0.1, 0.15) is 30.7 Å². The Balaban J connectivity index is 1.87. The summed E-state index contributed by atoms with van der Waals surface area (Å²) in [6.45, 7) is 9.12. The van der Waals surface area contributed by atoms with E-state index in [4.69, 9.17) is 15.9 Å². The predicted octanol–water partition coefficient (Wildman–Crippen LogP) is 2.09. The van der Waals surface area contributed by atoms with Crippen molar-refractivity contribution in [3.8, 4) is 18.2 Å². The maximum absolute atomic E-state index is 10.5. The maximum atomic E-state index is 10.5. The molecule has 170 valence electrons. The number of methoxy groups -OCH3 is 1. The van der Waals surface area contributed by atoms with Gasteiger partial charge in [0.05, 0.1) is 24.9 Å². The quantitative estimate of drug-likeness (QED) is 0.500. The number of aryl methyl sites for hydroxylation is 1. The van der Waals surface area contributed by atoms with Gasteiger partial charge in [0, 0.05) is 44.4 Å². The first kappa shape index (κ1) is 23.7. The lowest BCUT2D eigenvalue weighted by Gasteiger charge is -2.39. The van der Waals surface area contributed by atoms with Crippen LogP contribution in [0.5, 0.6) is 5.75 Å². The molecule has 1 saturated heterocycles. The Kier molecular flexibility index (Phi) is 8.17. The topological polar surface area (TPSA) is 83.3 Å². The molecule has 0 aliphatic carbocycles. The van der Waals surface area contributed by atoms with Crippen molar-refractivity contribution >= 4 is 11.5 Å². The van der Waals surface area contributed by atoms with Gasteiger partial charge in [-0.2, -0.15) is 4.99 Å². The molecule has 8 nitrogen and oxygen atoms in total. The number of nitrogens with zero attached hydrogens (tertiary/aromatic N) is 5. The molecule has 8 heteroatoms. The van der Waals surface area contributed by atoms with Crippen molar-refractivity contribution in [3.63, 3.8) is 0 Å². The normalized spacial score (nSPS) is 17.5. The van der Waals surface area contributed by atoms with Crippen molar-refractivity contribution in [1.29, 1.82) is 0 Å². The second-order valence-electron chi connectivity index (χ2n) is 7.95. The molecule has 1 aliphatic heterocycles. The van der Waals surface area contributed by atoms with Crippen LogP contribution in [0.15, 0.2) is 35.6 Å². The zero-order chi connectivity index (χ0) is 23.1. The van der Waals surface area contributed by atoms with E-state index in [1.807, 2.05) is 54.8 Å². The number of hydrogen-bond acceptors (Lipinski definition) is 8. The molecule has 0 bridgehead atoms. The molecule has 1 aromatic heterocycles. The van der Waals surface area contributed by atoms with Gasteiger partial charge in [-0.3, -0.25) is 4.90 Å². The fourth-order valence-electron chi connectivity index (χ4n) is 3.65. The minimum absolute atomic E-state index is 0.0539. The number of terminal acetylenes is 1. The summed E-state index contributed by atoms with van der Waals surface area (Å²) >= 11 is 0.